The van der Waals surface area contributed by atoms with E-state index in [1.807, 2.05) is 11.8 Å². The van der Waals surface area contributed by atoms with Crippen LogP contribution in [0.3, 0.4) is 0 Å². The van der Waals surface area contributed by atoms with Crippen LogP contribution >= 0.6 is 11.8 Å². The highest BCUT2D eigenvalue weighted by molar-refractivity contribution is 7.99. The van der Waals surface area contributed by atoms with E-state index < -0.39 is 0 Å². The minimum absolute atomic E-state index is 0.0358. The van der Waals surface area contributed by atoms with Crippen LogP contribution in [-0.2, 0) is 9.53 Å². The van der Waals surface area contributed by atoms with Crippen molar-refractivity contribution in [1.29, 1.82) is 0 Å². The minimum atomic E-state index is -0.0732. The van der Waals surface area contributed by atoms with Crippen LogP contribution < -0.4 is 5.32 Å². The second-order valence-electron chi connectivity index (χ2n) is 4.91. The van der Waals surface area contributed by atoms with Gasteiger partial charge in [-0.25, -0.2) is 0 Å². The molecule has 1 saturated heterocycles. The summed E-state index contributed by atoms with van der Waals surface area (Å²) in [5.41, 5.74) is 0. The molecule has 0 amide bonds. The lowest BCUT2D eigenvalue weighted by molar-refractivity contribution is -0.153. The fraction of sp³-hybridized carbons (Fsp3) is 0.917. The Labute approximate surface area is 102 Å². The highest BCUT2D eigenvalue weighted by Crippen LogP contribution is 2.26. The molecule has 1 aliphatic heterocycles. The zero-order valence-electron chi connectivity index (χ0n) is 9.91. The third-order valence-electron chi connectivity index (χ3n) is 3.38. The molecule has 1 heterocycles. The lowest BCUT2D eigenvalue weighted by Gasteiger charge is -2.29. The van der Waals surface area contributed by atoms with E-state index in [-0.39, 0.29) is 18.1 Å². The molecule has 3 atom stereocenters. The Morgan fingerprint density at radius 3 is 3.00 bits per heavy atom. The number of esters is 1. The summed E-state index contributed by atoms with van der Waals surface area (Å²) in [5.74, 6) is 2.64. The van der Waals surface area contributed by atoms with Crippen LogP contribution in [0.15, 0.2) is 0 Å². The summed E-state index contributed by atoms with van der Waals surface area (Å²) >= 11 is 1.83. The number of carbonyl (C=O) groups is 1. The van der Waals surface area contributed by atoms with E-state index in [0.717, 1.165) is 30.9 Å². The number of hydrogen-bond acceptors (Lipinski definition) is 4. The Morgan fingerprint density at radius 1 is 1.44 bits per heavy atom. The third kappa shape index (κ3) is 3.39. The van der Waals surface area contributed by atoms with E-state index >= 15 is 0 Å². The van der Waals surface area contributed by atoms with Crippen molar-refractivity contribution in [2.45, 2.75) is 44.8 Å². The highest BCUT2D eigenvalue weighted by Gasteiger charge is 2.27. The van der Waals surface area contributed by atoms with Gasteiger partial charge in [-0.05, 0) is 25.2 Å². The molecule has 1 saturated carbocycles. The average Bonchev–Trinajstić information content (AvgIpc) is 2.30. The van der Waals surface area contributed by atoms with Gasteiger partial charge in [-0.3, -0.25) is 4.79 Å². The molecular formula is C12H21NO2S. The molecule has 0 aromatic carbocycles. The van der Waals surface area contributed by atoms with Crippen molar-refractivity contribution >= 4 is 17.7 Å². The Morgan fingerprint density at radius 2 is 2.31 bits per heavy atom. The smallest absolute Gasteiger partial charge is 0.324 e. The lowest BCUT2D eigenvalue weighted by Crippen LogP contribution is -2.45. The summed E-state index contributed by atoms with van der Waals surface area (Å²) in [6, 6.07) is -0.0732. The molecule has 0 aromatic rings. The number of nitrogens with one attached hydrogen (secondary N) is 1. The van der Waals surface area contributed by atoms with Crippen molar-refractivity contribution in [1.82, 2.24) is 5.32 Å². The van der Waals surface area contributed by atoms with Crippen LogP contribution in [0.4, 0.5) is 0 Å². The zero-order chi connectivity index (χ0) is 11.4. The summed E-state index contributed by atoms with van der Waals surface area (Å²) in [5, 5.41) is 3.22. The van der Waals surface area contributed by atoms with Gasteiger partial charge < -0.3 is 10.1 Å². The van der Waals surface area contributed by atoms with E-state index in [9.17, 15) is 4.79 Å². The van der Waals surface area contributed by atoms with Gasteiger partial charge in [0.2, 0.25) is 0 Å². The Hall–Kier alpha value is -0.220. The van der Waals surface area contributed by atoms with Gasteiger partial charge in [0.1, 0.15) is 12.1 Å². The molecule has 2 fully saturated rings. The molecule has 3 nitrogen and oxygen atoms in total. The third-order valence-corrected chi connectivity index (χ3v) is 4.44. The Balaban J connectivity index is 1.77. The number of carbonyl (C=O) groups excluding carboxylic acids is 1. The molecule has 0 aromatic heterocycles. The fourth-order valence-electron chi connectivity index (χ4n) is 2.45. The molecule has 0 radical (unpaired) electrons. The van der Waals surface area contributed by atoms with Gasteiger partial charge in [-0.15, -0.1) is 0 Å². The van der Waals surface area contributed by atoms with Crippen molar-refractivity contribution < 1.29 is 9.53 Å². The predicted molar refractivity (Wildman–Crippen MR) is 66.6 cm³/mol. The molecule has 3 unspecified atom stereocenters. The molecule has 0 bridgehead atoms. The van der Waals surface area contributed by atoms with Crippen molar-refractivity contribution in [3.05, 3.63) is 0 Å². The lowest BCUT2D eigenvalue weighted by atomic mass is 9.89. The van der Waals surface area contributed by atoms with Crippen molar-refractivity contribution in [3.8, 4) is 0 Å². The molecule has 92 valence electrons. The molecule has 2 aliphatic rings. The van der Waals surface area contributed by atoms with Gasteiger partial charge in [0.25, 0.3) is 0 Å². The molecule has 0 spiro atoms. The zero-order valence-corrected chi connectivity index (χ0v) is 10.7. The number of thioether (sulfide) groups is 1. The van der Waals surface area contributed by atoms with Crippen molar-refractivity contribution in [3.63, 3.8) is 0 Å². The van der Waals surface area contributed by atoms with E-state index in [1.165, 1.54) is 12.8 Å². The van der Waals surface area contributed by atoms with E-state index in [2.05, 4.69) is 12.2 Å². The van der Waals surface area contributed by atoms with Crippen molar-refractivity contribution in [2.75, 3.05) is 18.1 Å². The maximum Gasteiger partial charge on any atom is 0.324 e. The van der Waals surface area contributed by atoms with Gasteiger partial charge in [-0.1, -0.05) is 13.3 Å². The Bertz CT molecular complexity index is 241. The minimum Gasteiger partial charge on any atom is -0.461 e. The van der Waals surface area contributed by atoms with Crippen molar-refractivity contribution in [2.24, 2.45) is 5.92 Å². The SMILES string of the molecule is CC1CCCC(OC(=O)C2CSCCN2)C1. The van der Waals surface area contributed by atoms with Crippen LogP contribution in [-0.4, -0.2) is 36.2 Å². The second-order valence-corrected chi connectivity index (χ2v) is 6.06. The van der Waals surface area contributed by atoms with Gasteiger partial charge in [0.05, 0.1) is 0 Å². The summed E-state index contributed by atoms with van der Waals surface area (Å²) in [6.45, 7) is 3.17. The van der Waals surface area contributed by atoms with Crippen LogP contribution in [0.2, 0.25) is 0 Å². The highest BCUT2D eigenvalue weighted by atomic mass is 32.2. The topological polar surface area (TPSA) is 38.3 Å². The van der Waals surface area contributed by atoms with Gasteiger partial charge >= 0.3 is 5.97 Å². The summed E-state index contributed by atoms with van der Waals surface area (Å²) in [4.78, 5) is 11.9. The first-order chi connectivity index (χ1) is 7.75. The maximum atomic E-state index is 11.9. The van der Waals surface area contributed by atoms with Crippen LogP contribution in [0.1, 0.15) is 32.6 Å². The number of hydrogen-bond donors (Lipinski definition) is 1. The fourth-order valence-corrected chi connectivity index (χ4v) is 3.37. The Kier molecular flexibility index (Phi) is 4.53. The molecule has 1 N–H and O–H groups in total. The van der Waals surface area contributed by atoms with E-state index in [0.29, 0.717) is 5.92 Å². The molecule has 1 aliphatic carbocycles. The first-order valence-electron chi connectivity index (χ1n) is 6.27. The second kappa shape index (κ2) is 5.92. The average molecular weight is 243 g/mol. The van der Waals surface area contributed by atoms with Crippen LogP contribution in [0.5, 0.6) is 0 Å². The first kappa shape index (κ1) is 12.2. The van der Waals surface area contributed by atoms with E-state index in [4.69, 9.17) is 4.74 Å². The largest absolute Gasteiger partial charge is 0.461 e. The van der Waals surface area contributed by atoms with E-state index in [1.54, 1.807) is 0 Å². The maximum absolute atomic E-state index is 11.9. The monoisotopic (exact) mass is 243 g/mol. The summed E-state index contributed by atoms with van der Waals surface area (Å²) < 4.78 is 5.59. The molecule has 2 rings (SSSR count). The predicted octanol–water partition coefficient (Wildman–Crippen LogP) is 1.81. The quantitative estimate of drug-likeness (QED) is 0.751. The summed E-state index contributed by atoms with van der Waals surface area (Å²) in [6.07, 6.45) is 4.75. The van der Waals surface area contributed by atoms with Gasteiger partial charge in [0, 0.05) is 18.1 Å². The standard InChI is InChI=1S/C12H21NO2S/c1-9-3-2-4-10(7-9)15-12(14)11-8-16-6-5-13-11/h9-11,13H,2-8H2,1H3. The molecule has 16 heavy (non-hydrogen) atoms. The van der Waals surface area contributed by atoms with Crippen LogP contribution in [0, 0.1) is 5.92 Å². The van der Waals surface area contributed by atoms with Gasteiger partial charge in [0.15, 0.2) is 0 Å². The normalized spacial score (nSPS) is 35.7. The van der Waals surface area contributed by atoms with Gasteiger partial charge in [-0.2, -0.15) is 11.8 Å². The number of rotatable bonds is 2. The number of ether oxygens (including phenoxy) is 1. The first-order valence-corrected chi connectivity index (χ1v) is 7.43. The molecular weight excluding hydrogens is 222 g/mol. The molecule has 4 heteroatoms. The van der Waals surface area contributed by atoms with Crippen LogP contribution in [0.25, 0.3) is 0 Å². The summed E-state index contributed by atoms with van der Waals surface area (Å²) in [7, 11) is 0.